The predicted molar refractivity (Wildman–Crippen MR) is 116 cm³/mol. The molecule has 32 heavy (non-hydrogen) atoms. The molecule has 0 unspecified atom stereocenters. The third-order valence-electron chi connectivity index (χ3n) is 5.07. The number of hydrogen-bond donors (Lipinski definition) is 0. The van der Waals surface area contributed by atoms with Crippen LogP contribution in [0.1, 0.15) is 11.3 Å². The second-order valence-corrected chi connectivity index (χ2v) is 7.14. The molecule has 0 radical (unpaired) electrons. The molecule has 1 fully saturated rings. The molecule has 1 aromatic heterocycles. The number of urea groups is 1. The summed E-state index contributed by atoms with van der Waals surface area (Å²) in [7, 11) is 1.29. The van der Waals surface area contributed by atoms with Crippen LogP contribution in [0.25, 0.3) is 17.4 Å². The van der Waals surface area contributed by atoms with E-state index >= 15 is 0 Å². The number of imide groups is 2. The molecule has 9 heteroatoms. The highest BCUT2D eigenvalue weighted by atomic mass is 16.6. The maximum atomic E-state index is 13.0. The minimum atomic E-state index is -0.770. The van der Waals surface area contributed by atoms with Gasteiger partial charge in [-0.15, -0.1) is 0 Å². The van der Waals surface area contributed by atoms with Crippen LogP contribution >= 0.6 is 0 Å². The first-order valence-corrected chi connectivity index (χ1v) is 9.56. The van der Waals surface area contributed by atoms with Crippen LogP contribution in [0.4, 0.5) is 16.2 Å². The zero-order chi connectivity index (χ0) is 23.0. The van der Waals surface area contributed by atoms with Crippen LogP contribution in [0.15, 0.2) is 70.7 Å². The van der Waals surface area contributed by atoms with Crippen LogP contribution in [-0.2, 0) is 9.59 Å². The lowest BCUT2D eigenvalue weighted by molar-refractivity contribution is -0.384. The van der Waals surface area contributed by atoms with Crippen LogP contribution in [0.2, 0.25) is 0 Å². The van der Waals surface area contributed by atoms with E-state index < -0.39 is 22.8 Å². The van der Waals surface area contributed by atoms with Crippen molar-refractivity contribution in [3.8, 4) is 11.3 Å². The first-order chi connectivity index (χ1) is 15.3. The van der Waals surface area contributed by atoms with Crippen LogP contribution < -0.4 is 4.90 Å². The Morgan fingerprint density at radius 2 is 1.69 bits per heavy atom. The van der Waals surface area contributed by atoms with Gasteiger partial charge in [0.15, 0.2) is 0 Å². The molecule has 4 amide bonds. The number of rotatable bonds is 4. The summed E-state index contributed by atoms with van der Waals surface area (Å²) in [5.41, 5.74) is 1.28. The van der Waals surface area contributed by atoms with E-state index in [-0.39, 0.29) is 17.0 Å². The Labute approximate surface area is 182 Å². The number of non-ortho nitro benzene ring substituents is 1. The number of hydrogen-bond acceptors (Lipinski definition) is 6. The number of barbiturate groups is 1. The van der Waals surface area contributed by atoms with Gasteiger partial charge in [-0.25, -0.2) is 9.69 Å². The van der Waals surface area contributed by atoms with Gasteiger partial charge in [0.25, 0.3) is 17.5 Å². The number of likely N-dealkylation sites (N-methyl/N-ethyl adjacent to an activating group) is 1. The largest absolute Gasteiger partial charge is 0.457 e. The minimum absolute atomic E-state index is 0.0850. The van der Waals surface area contributed by atoms with Crippen LogP contribution in [0.3, 0.4) is 0 Å². The van der Waals surface area contributed by atoms with Crippen molar-refractivity contribution in [2.24, 2.45) is 0 Å². The van der Waals surface area contributed by atoms with Gasteiger partial charge in [-0.1, -0.05) is 24.3 Å². The van der Waals surface area contributed by atoms with E-state index in [0.717, 1.165) is 15.4 Å². The van der Waals surface area contributed by atoms with Gasteiger partial charge in [0.2, 0.25) is 0 Å². The summed E-state index contributed by atoms with van der Waals surface area (Å²) in [6.45, 7) is 1.78. The predicted octanol–water partition coefficient (Wildman–Crippen LogP) is 4.17. The number of benzene rings is 2. The first kappa shape index (κ1) is 20.7. The van der Waals surface area contributed by atoms with Gasteiger partial charge in [0, 0.05) is 24.7 Å². The van der Waals surface area contributed by atoms with Gasteiger partial charge in [-0.2, -0.15) is 0 Å². The molecule has 4 rings (SSSR count). The van der Waals surface area contributed by atoms with Gasteiger partial charge >= 0.3 is 6.03 Å². The van der Waals surface area contributed by atoms with Crippen LogP contribution in [0, 0.1) is 17.0 Å². The fourth-order valence-corrected chi connectivity index (χ4v) is 3.35. The van der Waals surface area contributed by atoms with E-state index in [4.69, 9.17) is 4.42 Å². The van der Waals surface area contributed by atoms with Crippen molar-refractivity contribution in [3.63, 3.8) is 0 Å². The topological polar surface area (TPSA) is 114 Å². The number of carbonyl (C=O) groups excluding carboxylic acids is 3. The van der Waals surface area contributed by atoms with Crippen molar-refractivity contribution < 1.29 is 23.7 Å². The van der Waals surface area contributed by atoms with Crippen LogP contribution in [-0.4, -0.2) is 34.7 Å². The maximum absolute atomic E-state index is 13.0. The second-order valence-electron chi connectivity index (χ2n) is 7.14. The second kappa shape index (κ2) is 7.95. The maximum Gasteiger partial charge on any atom is 0.338 e. The number of amides is 4. The van der Waals surface area contributed by atoms with E-state index in [0.29, 0.717) is 17.0 Å². The van der Waals surface area contributed by atoms with Gasteiger partial charge in [-0.3, -0.25) is 24.6 Å². The summed E-state index contributed by atoms with van der Waals surface area (Å²) in [4.78, 5) is 50.6. The molecule has 160 valence electrons. The Hall–Kier alpha value is -4.53. The van der Waals surface area contributed by atoms with Crippen molar-refractivity contribution in [1.82, 2.24) is 4.90 Å². The number of carbonyl (C=O) groups is 3. The number of aryl methyl sites for hydroxylation is 1. The standard InChI is InChI=1S/C23H17N3O6/c1-14-8-9-16(26(30)31)12-18(14)20-11-10-17(32-20)13-19-21(27)24(2)23(29)25(22(19)28)15-6-4-3-5-7-15/h3-13H,1-2H3/b19-13+. The zero-order valence-electron chi connectivity index (χ0n) is 17.1. The van der Waals surface area contributed by atoms with Crippen molar-refractivity contribution in [1.29, 1.82) is 0 Å². The molecule has 1 saturated heterocycles. The third kappa shape index (κ3) is 3.56. The molecular weight excluding hydrogens is 414 g/mol. The van der Waals surface area contributed by atoms with E-state index in [2.05, 4.69) is 0 Å². The molecule has 0 bridgehead atoms. The molecule has 2 aromatic carbocycles. The average Bonchev–Trinajstić information content (AvgIpc) is 3.25. The lowest BCUT2D eigenvalue weighted by Crippen LogP contribution is -2.55. The Morgan fingerprint density at radius 3 is 2.38 bits per heavy atom. The average molecular weight is 431 g/mol. The van der Waals surface area contributed by atoms with E-state index in [1.165, 1.54) is 25.3 Å². The van der Waals surface area contributed by atoms with Crippen molar-refractivity contribution in [2.75, 3.05) is 11.9 Å². The van der Waals surface area contributed by atoms with Gasteiger partial charge in [0.1, 0.15) is 17.1 Å². The molecule has 0 aliphatic carbocycles. The number of anilines is 1. The molecule has 1 aliphatic heterocycles. The summed E-state index contributed by atoms with van der Waals surface area (Å²) in [6.07, 6.45) is 1.26. The normalized spacial score (nSPS) is 15.6. The van der Waals surface area contributed by atoms with Crippen molar-refractivity contribution in [2.45, 2.75) is 6.92 Å². The van der Waals surface area contributed by atoms with Crippen molar-refractivity contribution in [3.05, 3.63) is 87.7 Å². The quantitative estimate of drug-likeness (QED) is 0.265. The summed E-state index contributed by atoms with van der Waals surface area (Å²) >= 11 is 0. The minimum Gasteiger partial charge on any atom is -0.457 e. The molecule has 0 saturated carbocycles. The van der Waals surface area contributed by atoms with E-state index in [9.17, 15) is 24.5 Å². The smallest absolute Gasteiger partial charge is 0.338 e. The summed E-state index contributed by atoms with van der Waals surface area (Å²) in [5, 5.41) is 11.1. The Kier molecular flexibility index (Phi) is 5.15. The summed E-state index contributed by atoms with van der Waals surface area (Å²) in [6, 6.07) is 15.1. The number of nitro groups is 1. The van der Waals surface area contributed by atoms with Crippen LogP contribution in [0.5, 0.6) is 0 Å². The SMILES string of the molecule is Cc1ccc([N+](=O)[O-])cc1-c1ccc(/C=C2\C(=O)N(C)C(=O)N(c3ccccc3)C2=O)o1. The highest BCUT2D eigenvalue weighted by Gasteiger charge is 2.41. The summed E-state index contributed by atoms with van der Waals surface area (Å²) < 4.78 is 5.76. The Balaban J connectivity index is 1.73. The van der Waals surface area contributed by atoms with E-state index in [1.807, 2.05) is 0 Å². The van der Waals surface area contributed by atoms with Gasteiger partial charge < -0.3 is 4.42 Å². The van der Waals surface area contributed by atoms with E-state index in [1.54, 1.807) is 55.5 Å². The third-order valence-corrected chi connectivity index (χ3v) is 5.07. The highest BCUT2D eigenvalue weighted by molar-refractivity contribution is 6.38. The zero-order valence-corrected chi connectivity index (χ0v) is 17.1. The molecule has 0 spiro atoms. The Morgan fingerprint density at radius 1 is 0.969 bits per heavy atom. The molecule has 3 aromatic rings. The Bertz CT molecular complexity index is 1290. The molecule has 2 heterocycles. The first-order valence-electron chi connectivity index (χ1n) is 9.56. The fourth-order valence-electron chi connectivity index (χ4n) is 3.35. The number of para-hydroxylation sites is 1. The molecule has 0 atom stereocenters. The number of furan rings is 1. The lowest BCUT2D eigenvalue weighted by Gasteiger charge is -2.31. The summed E-state index contributed by atoms with van der Waals surface area (Å²) in [5.74, 6) is -0.984. The monoisotopic (exact) mass is 431 g/mol. The van der Waals surface area contributed by atoms with Crippen molar-refractivity contribution >= 4 is 35.3 Å². The molecule has 0 N–H and O–H groups in total. The lowest BCUT2D eigenvalue weighted by atomic mass is 10.1. The number of nitro benzene ring substituents is 1. The fraction of sp³-hybridized carbons (Fsp3) is 0.0870. The molecular formula is C23H17N3O6. The highest BCUT2D eigenvalue weighted by Crippen LogP contribution is 2.31. The molecule has 9 nitrogen and oxygen atoms in total. The van der Waals surface area contributed by atoms with Gasteiger partial charge in [0.05, 0.1) is 10.6 Å². The number of nitrogens with zero attached hydrogens (tertiary/aromatic N) is 3. The van der Waals surface area contributed by atoms with Gasteiger partial charge in [-0.05, 0) is 42.8 Å². The molecule has 1 aliphatic rings.